The fourth-order valence-corrected chi connectivity index (χ4v) is 3.32. The molecule has 2 nitrogen and oxygen atoms in total. The van der Waals surface area contributed by atoms with Crippen LogP contribution in [0, 0.1) is 5.82 Å². The van der Waals surface area contributed by atoms with E-state index in [1.807, 2.05) is 0 Å². The Labute approximate surface area is 121 Å². The highest BCUT2D eigenvalue weighted by atomic mass is 79.9. The Morgan fingerprint density at radius 3 is 2.19 bits per heavy atom. The van der Waals surface area contributed by atoms with Crippen LogP contribution in [0.25, 0.3) is 10.7 Å². The summed E-state index contributed by atoms with van der Waals surface area (Å²) in [5.74, 6) is -0.505. The molecular weight excluding hydrogens is 406 g/mol. The van der Waals surface area contributed by atoms with E-state index in [0.717, 1.165) is 13.1 Å². The van der Waals surface area contributed by atoms with Gasteiger partial charge in [-0.05, 0) is 37.9 Å². The predicted molar refractivity (Wildman–Crippen MR) is 70.7 cm³/mol. The van der Waals surface area contributed by atoms with E-state index in [-0.39, 0.29) is 10.3 Å². The lowest BCUT2D eigenvalue weighted by atomic mass is 10.4. The Balaban J connectivity index is 2.56. The summed E-state index contributed by atoms with van der Waals surface area (Å²) in [5.41, 5.74) is 0. The lowest BCUT2D eigenvalue weighted by Gasteiger charge is -1.99. The van der Waals surface area contributed by atoms with E-state index in [9.17, 15) is 4.39 Å². The monoisotopic (exact) mass is 404 g/mol. The van der Waals surface area contributed by atoms with Crippen LogP contribution in [0.4, 0.5) is 4.39 Å². The summed E-state index contributed by atoms with van der Waals surface area (Å²) < 4.78 is 14.9. The van der Waals surface area contributed by atoms with Crippen molar-refractivity contribution in [2.75, 3.05) is 0 Å². The molecular formula is C8HBr2Cl2FN2S. The first kappa shape index (κ1) is 12.7. The largest absolute Gasteiger partial charge is 0.212 e. The molecule has 0 spiro atoms. The number of nitrogens with zero attached hydrogens (tertiary/aromatic N) is 2. The maximum Gasteiger partial charge on any atom is 0.197 e. The molecule has 8 heteroatoms. The van der Waals surface area contributed by atoms with Crippen LogP contribution in [0.5, 0.6) is 0 Å². The summed E-state index contributed by atoms with van der Waals surface area (Å²) in [7, 11) is 0. The van der Waals surface area contributed by atoms with Crippen molar-refractivity contribution in [1.29, 1.82) is 0 Å². The number of hydrogen-bond acceptors (Lipinski definition) is 3. The third-order valence-electron chi connectivity index (χ3n) is 1.64. The molecule has 0 amide bonds. The molecule has 0 aromatic carbocycles. The number of thiophene rings is 1. The first-order chi connectivity index (χ1) is 7.49. The average Bonchev–Trinajstić information content (AvgIpc) is 2.55. The molecule has 0 unspecified atom stereocenters. The van der Waals surface area contributed by atoms with Crippen molar-refractivity contribution in [3.05, 3.63) is 30.4 Å². The van der Waals surface area contributed by atoms with Crippen molar-refractivity contribution in [1.82, 2.24) is 9.97 Å². The van der Waals surface area contributed by atoms with E-state index < -0.39 is 5.82 Å². The Hall–Kier alpha value is 0.250. The first-order valence-electron chi connectivity index (χ1n) is 3.82. The molecule has 2 aromatic rings. The van der Waals surface area contributed by atoms with Gasteiger partial charge in [0.15, 0.2) is 21.9 Å². The SMILES string of the molecule is Fc1c(Cl)nc(-c2cc(Br)c(Br)s2)nc1Cl. The second-order valence-corrected chi connectivity index (χ2v) is 6.62. The Bertz CT molecular complexity index is 518. The van der Waals surface area contributed by atoms with E-state index in [1.54, 1.807) is 6.07 Å². The molecule has 0 N–H and O–H groups in total. The predicted octanol–water partition coefficient (Wildman–Crippen LogP) is 5.18. The molecule has 0 radical (unpaired) electrons. The van der Waals surface area contributed by atoms with Gasteiger partial charge in [-0.25, -0.2) is 14.4 Å². The van der Waals surface area contributed by atoms with Gasteiger partial charge < -0.3 is 0 Å². The van der Waals surface area contributed by atoms with Gasteiger partial charge in [0.05, 0.1) is 8.66 Å². The second kappa shape index (κ2) is 4.86. The Morgan fingerprint density at radius 1 is 1.19 bits per heavy atom. The van der Waals surface area contributed by atoms with Gasteiger partial charge in [0.2, 0.25) is 0 Å². The van der Waals surface area contributed by atoms with Gasteiger partial charge in [-0.3, -0.25) is 0 Å². The number of aromatic nitrogens is 2. The molecule has 16 heavy (non-hydrogen) atoms. The zero-order valence-corrected chi connectivity index (χ0v) is 12.8. The van der Waals surface area contributed by atoms with Crippen molar-refractivity contribution >= 4 is 66.4 Å². The summed E-state index contributed by atoms with van der Waals surface area (Å²) >= 11 is 19.2. The molecule has 0 aliphatic heterocycles. The topological polar surface area (TPSA) is 25.8 Å². The average molecular weight is 407 g/mol. The van der Waals surface area contributed by atoms with Crippen molar-refractivity contribution in [3.63, 3.8) is 0 Å². The van der Waals surface area contributed by atoms with Gasteiger partial charge >= 0.3 is 0 Å². The minimum absolute atomic E-state index is 0.282. The summed E-state index contributed by atoms with van der Waals surface area (Å²) in [6, 6.07) is 1.80. The quantitative estimate of drug-likeness (QED) is 0.610. The maximum atomic E-state index is 13.1. The molecule has 0 saturated carbocycles. The molecule has 0 fully saturated rings. The van der Waals surface area contributed by atoms with E-state index in [1.165, 1.54) is 11.3 Å². The lowest BCUT2D eigenvalue weighted by Crippen LogP contribution is -1.92. The summed E-state index contributed by atoms with van der Waals surface area (Å²) in [6.07, 6.45) is 0. The molecule has 0 aliphatic rings. The molecule has 2 heterocycles. The van der Waals surface area contributed by atoms with Gasteiger partial charge in [-0.15, -0.1) is 11.3 Å². The smallest absolute Gasteiger partial charge is 0.197 e. The van der Waals surface area contributed by atoms with Crippen LogP contribution in [0.2, 0.25) is 10.3 Å². The van der Waals surface area contributed by atoms with Crippen molar-refractivity contribution in [2.45, 2.75) is 0 Å². The van der Waals surface area contributed by atoms with Crippen molar-refractivity contribution in [3.8, 4) is 10.7 Å². The van der Waals surface area contributed by atoms with Crippen LogP contribution < -0.4 is 0 Å². The maximum absolute atomic E-state index is 13.1. The first-order valence-corrected chi connectivity index (χ1v) is 6.98. The minimum Gasteiger partial charge on any atom is -0.212 e. The Kier molecular flexibility index (Phi) is 3.86. The van der Waals surface area contributed by atoms with Crippen LogP contribution in [0.3, 0.4) is 0 Å². The highest BCUT2D eigenvalue weighted by molar-refractivity contribution is 9.13. The number of halogens is 5. The molecule has 0 aliphatic carbocycles. The van der Waals surface area contributed by atoms with E-state index in [4.69, 9.17) is 23.2 Å². The highest BCUT2D eigenvalue weighted by Crippen LogP contribution is 2.37. The standard InChI is InChI=1S/C8HBr2Cl2FN2S/c9-2-1-3(16-5(2)10)8-14-6(11)4(13)7(12)15-8/h1H. The number of rotatable bonds is 1. The highest BCUT2D eigenvalue weighted by Gasteiger charge is 2.15. The van der Waals surface area contributed by atoms with Crippen LogP contribution in [0.1, 0.15) is 0 Å². The van der Waals surface area contributed by atoms with Crippen LogP contribution in [-0.2, 0) is 0 Å². The normalized spacial score (nSPS) is 10.8. The number of hydrogen-bond donors (Lipinski definition) is 0. The van der Waals surface area contributed by atoms with E-state index in [0.29, 0.717) is 5.82 Å². The van der Waals surface area contributed by atoms with Crippen molar-refractivity contribution < 1.29 is 4.39 Å². The third kappa shape index (κ3) is 2.41. The van der Waals surface area contributed by atoms with Gasteiger partial charge in [0.1, 0.15) is 0 Å². The van der Waals surface area contributed by atoms with Crippen LogP contribution >= 0.6 is 66.4 Å². The molecule has 0 bridgehead atoms. The third-order valence-corrected chi connectivity index (χ3v) is 5.39. The van der Waals surface area contributed by atoms with Gasteiger partial charge in [-0.1, -0.05) is 23.2 Å². The molecule has 0 saturated heterocycles. The second-order valence-electron chi connectivity index (χ2n) is 2.68. The molecule has 0 atom stereocenters. The van der Waals surface area contributed by atoms with Crippen LogP contribution in [-0.4, -0.2) is 9.97 Å². The molecule has 2 rings (SSSR count). The van der Waals surface area contributed by atoms with Gasteiger partial charge in [0.25, 0.3) is 0 Å². The zero-order chi connectivity index (χ0) is 11.9. The van der Waals surface area contributed by atoms with E-state index >= 15 is 0 Å². The molecule has 84 valence electrons. The van der Waals surface area contributed by atoms with Crippen molar-refractivity contribution in [2.24, 2.45) is 0 Å². The summed E-state index contributed by atoms with van der Waals surface area (Å²) in [4.78, 5) is 8.38. The summed E-state index contributed by atoms with van der Waals surface area (Å²) in [6.45, 7) is 0. The van der Waals surface area contributed by atoms with Gasteiger partial charge in [-0.2, -0.15) is 0 Å². The fraction of sp³-hybridized carbons (Fsp3) is 0. The van der Waals surface area contributed by atoms with Gasteiger partial charge in [0, 0.05) is 4.47 Å². The van der Waals surface area contributed by atoms with E-state index in [2.05, 4.69) is 41.8 Å². The zero-order valence-electron chi connectivity index (χ0n) is 7.27. The fourth-order valence-electron chi connectivity index (χ4n) is 0.961. The summed E-state index contributed by atoms with van der Waals surface area (Å²) in [5, 5.41) is -0.564. The minimum atomic E-state index is -0.804. The molecule has 2 aromatic heterocycles. The Morgan fingerprint density at radius 2 is 1.75 bits per heavy atom. The lowest BCUT2D eigenvalue weighted by molar-refractivity contribution is 0.615. The van der Waals surface area contributed by atoms with Crippen LogP contribution in [0.15, 0.2) is 14.3 Å².